The Hall–Kier alpha value is -2.25. The first-order valence-corrected chi connectivity index (χ1v) is 5.02. The zero-order valence-corrected chi connectivity index (χ0v) is 9.69. The summed E-state index contributed by atoms with van der Waals surface area (Å²) in [6.45, 7) is 3.34. The summed E-state index contributed by atoms with van der Waals surface area (Å²) in [4.78, 5) is 10.9. The summed E-state index contributed by atoms with van der Waals surface area (Å²) < 4.78 is 2.90. The van der Waals surface area contributed by atoms with E-state index in [1.807, 2.05) is 6.92 Å². The topological polar surface area (TPSA) is 98.7 Å². The second-order valence-electron chi connectivity index (χ2n) is 3.76. The number of rotatable bonds is 3. The lowest BCUT2D eigenvalue weighted by atomic mass is 10.2. The van der Waals surface area contributed by atoms with Gasteiger partial charge in [0.2, 0.25) is 0 Å². The van der Waals surface area contributed by atoms with Crippen LogP contribution in [0.5, 0.6) is 0 Å². The van der Waals surface area contributed by atoms with Crippen LogP contribution in [0, 0.1) is 6.92 Å². The van der Waals surface area contributed by atoms with Crippen LogP contribution in [-0.2, 0) is 11.8 Å². The molecule has 0 aliphatic carbocycles. The fourth-order valence-corrected chi connectivity index (χ4v) is 1.56. The largest absolute Gasteiger partial charge is 0.480 e. The molecular formula is C9H12N6O2. The van der Waals surface area contributed by atoms with Gasteiger partial charge in [-0.3, -0.25) is 4.68 Å². The second-order valence-corrected chi connectivity index (χ2v) is 3.76. The van der Waals surface area contributed by atoms with Gasteiger partial charge in [-0.1, -0.05) is 0 Å². The number of hydrogen-bond acceptors (Lipinski definition) is 5. The van der Waals surface area contributed by atoms with Crippen molar-refractivity contribution >= 4 is 5.97 Å². The van der Waals surface area contributed by atoms with Crippen LogP contribution in [-0.4, -0.2) is 41.1 Å². The first-order chi connectivity index (χ1) is 8.00. The van der Waals surface area contributed by atoms with E-state index < -0.39 is 12.0 Å². The molecule has 2 rings (SSSR count). The fourth-order valence-electron chi connectivity index (χ4n) is 1.56. The molecule has 0 aliphatic rings. The summed E-state index contributed by atoms with van der Waals surface area (Å²) >= 11 is 0. The first-order valence-electron chi connectivity index (χ1n) is 5.02. The van der Waals surface area contributed by atoms with Crippen LogP contribution in [0.2, 0.25) is 0 Å². The van der Waals surface area contributed by atoms with Crippen LogP contribution >= 0.6 is 0 Å². The highest BCUT2D eigenvalue weighted by Crippen LogP contribution is 2.21. The zero-order valence-electron chi connectivity index (χ0n) is 9.69. The number of carboxylic acid groups (broad SMARTS) is 1. The highest BCUT2D eigenvalue weighted by Gasteiger charge is 2.22. The minimum absolute atomic E-state index is 0.408. The van der Waals surface area contributed by atoms with Crippen LogP contribution in [0.4, 0.5) is 0 Å². The number of aryl methyl sites for hydroxylation is 2. The van der Waals surface area contributed by atoms with Gasteiger partial charge in [-0.25, -0.2) is 9.48 Å². The fraction of sp³-hybridized carbons (Fsp3) is 0.444. The van der Waals surface area contributed by atoms with Crippen molar-refractivity contribution in [1.82, 2.24) is 30.0 Å². The molecule has 0 aromatic carbocycles. The monoisotopic (exact) mass is 236 g/mol. The Labute approximate surface area is 96.9 Å². The first kappa shape index (κ1) is 11.2. The Bertz CT molecular complexity index is 558. The van der Waals surface area contributed by atoms with Crippen LogP contribution < -0.4 is 0 Å². The number of aliphatic carboxylic acids is 1. The van der Waals surface area contributed by atoms with Crippen molar-refractivity contribution in [3.05, 3.63) is 11.9 Å². The molecule has 0 bridgehead atoms. The van der Waals surface area contributed by atoms with Crippen molar-refractivity contribution in [2.24, 2.45) is 7.05 Å². The SMILES string of the molecule is Cc1nn(C)cc1-c1nnnn1C(C)C(=O)O. The van der Waals surface area contributed by atoms with Gasteiger partial charge in [0, 0.05) is 13.2 Å². The van der Waals surface area contributed by atoms with Crippen molar-refractivity contribution in [1.29, 1.82) is 0 Å². The smallest absolute Gasteiger partial charge is 0.328 e. The third-order valence-corrected chi connectivity index (χ3v) is 2.47. The molecule has 1 unspecified atom stereocenters. The van der Waals surface area contributed by atoms with Gasteiger partial charge in [-0.15, -0.1) is 5.10 Å². The second kappa shape index (κ2) is 3.96. The van der Waals surface area contributed by atoms with E-state index in [2.05, 4.69) is 20.6 Å². The summed E-state index contributed by atoms with van der Waals surface area (Å²) in [7, 11) is 1.78. The molecule has 1 N–H and O–H groups in total. The molecule has 0 amide bonds. The number of carbonyl (C=O) groups is 1. The normalized spacial score (nSPS) is 12.6. The molecule has 0 fully saturated rings. The molecule has 0 saturated carbocycles. The lowest BCUT2D eigenvalue weighted by molar-refractivity contribution is -0.140. The molecule has 1 atom stereocenters. The van der Waals surface area contributed by atoms with Crippen molar-refractivity contribution < 1.29 is 9.90 Å². The highest BCUT2D eigenvalue weighted by molar-refractivity contribution is 5.72. The maximum atomic E-state index is 10.9. The predicted molar refractivity (Wildman–Crippen MR) is 57.1 cm³/mol. The van der Waals surface area contributed by atoms with Crippen molar-refractivity contribution in [3.8, 4) is 11.4 Å². The Kier molecular flexibility index (Phi) is 2.62. The highest BCUT2D eigenvalue weighted by atomic mass is 16.4. The van der Waals surface area contributed by atoms with Crippen LogP contribution in [0.15, 0.2) is 6.20 Å². The molecule has 2 aromatic rings. The van der Waals surface area contributed by atoms with Gasteiger partial charge in [-0.05, 0) is 24.3 Å². The number of aromatic nitrogens is 6. The van der Waals surface area contributed by atoms with Gasteiger partial charge in [0.15, 0.2) is 11.9 Å². The quantitative estimate of drug-likeness (QED) is 0.807. The maximum absolute atomic E-state index is 10.9. The van der Waals surface area contributed by atoms with E-state index in [1.54, 1.807) is 17.9 Å². The van der Waals surface area contributed by atoms with E-state index in [-0.39, 0.29) is 0 Å². The third kappa shape index (κ3) is 1.88. The number of tetrazole rings is 1. The molecule has 0 spiro atoms. The lowest BCUT2D eigenvalue weighted by Crippen LogP contribution is -2.18. The summed E-state index contributed by atoms with van der Waals surface area (Å²) in [5.41, 5.74) is 1.48. The van der Waals surface area contributed by atoms with E-state index in [9.17, 15) is 4.79 Å². The minimum atomic E-state index is -0.986. The Morgan fingerprint density at radius 2 is 2.24 bits per heavy atom. The Morgan fingerprint density at radius 1 is 1.53 bits per heavy atom. The number of hydrogen-bond donors (Lipinski definition) is 1. The van der Waals surface area contributed by atoms with Crippen LogP contribution in [0.25, 0.3) is 11.4 Å². The summed E-state index contributed by atoms with van der Waals surface area (Å²) in [6, 6.07) is -0.820. The van der Waals surface area contributed by atoms with E-state index in [0.29, 0.717) is 5.82 Å². The number of nitrogens with zero attached hydrogens (tertiary/aromatic N) is 6. The standard InChI is InChI=1S/C9H12N6O2/c1-5-7(4-14(3)11-5)8-10-12-13-15(8)6(2)9(16)17/h4,6H,1-3H3,(H,16,17). The van der Waals surface area contributed by atoms with Crippen LogP contribution in [0.3, 0.4) is 0 Å². The molecule has 0 radical (unpaired) electrons. The zero-order chi connectivity index (χ0) is 12.6. The molecule has 17 heavy (non-hydrogen) atoms. The minimum Gasteiger partial charge on any atom is -0.480 e. The summed E-state index contributed by atoms with van der Waals surface area (Å²) in [6.07, 6.45) is 1.76. The number of carboxylic acids is 1. The molecule has 90 valence electrons. The molecule has 2 aromatic heterocycles. The molecule has 8 nitrogen and oxygen atoms in total. The van der Waals surface area contributed by atoms with E-state index in [4.69, 9.17) is 5.11 Å². The van der Waals surface area contributed by atoms with Gasteiger partial charge < -0.3 is 5.11 Å². The van der Waals surface area contributed by atoms with E-state index in [0.717, 1.165) is 11.3 Å². The van der Waals surface area contributed by atoms with E-state index >= 15 is 0 Å². The van der Waals surface area contributed by atoms with Gasteiger partial charge in [-0.2, -0.15) is 5.10 Å². The molecular weight excluding hydrogens is 224 g/mol. The molecule has 0 aliphatic heterocycles. The Balaban J connectivity index is 2.50. The average molecular weight is 236 g/mol. The van der Waals surface area contributed by atoms with Crippen molar-refractivity contribution in [2.75, 3.05) is 0 Å². The predicted octanol–water partition coefficient (Wildman–Crippen LogP) is 0.0276. The van der Waals surface area contributed by atoms with Gasteiger partial charge in [0.1, 0.15) is 0 Å². The van der Waals surface area contributed by atoms with Gasteiger partial charge in [0.05, 0.1) is 11.3 Å². The summed E-state index contributed by atoms with van der Waals surface area (Å²) in [5, 5.41) is 24.2. The molecule has 0 saturated heterocycles. The van der Waals surface area contributed by atoms with Crippen molar-refractivity contribution in [2.45, 2.75) is 19.9 Å². The third-order valence-electron chi connectivity index (χ3n) is 2.47. The van der Waals surface area contributed by atoms with Crippen LogP contribution in [0.1, 0.15) is 18.7 Å². The van der Waals surface area contributed by atoms with Gasteiger partial charge >= 0.3 is 5.97 Å². The van der Waals surface area contributed by atoms with E-state index in [1.165, 1.54) is 11.6 Å². The average Bonchev–Trinajstić information content (AvgIpc) is 2.83. The lowest BCUT2D eigenvalue weighted by Gasteiger charge is -2.07. The maximum Gasteiger partial charge on any atom is 0.328 e. The van der Waals surface area contributed by atoms with Gasteiger partial charge in [0.25, 0.3) is 0 Å². The summed E-state index contributed by atoms with van der Waals surface area (Å²) in [5.74, 6) is -0.578. The van der Waals surface area contributed by atoms with Crippen molar-refractivity contribution in [3.63, 3.8) is 0 Å². The molecule has 8 heteroatoms. The molecule has 2 heterocycles. The Morgan fingerprint density at radius 3 is 2.76 bits per heavy atom.